The molecule has 0 unspecified atom stereocenters. The number of halogens is 1. The molecule has 0 saturated heterocycles. The van der Waals surface area contributed by atoms with Crippen molar-refractivity contribution in [2.45, 2.75) is 25.7 Å². The molecule has 0 aliphatic carbocycles. The van der Waals surface area contributed by atoms with Crippen molar-refractivity contribution < 1.29 is 14.3 Å². The fourth-order valence-electron chi connectivity index (χ4n) is 3.47. The molecule has 27 heavy (non-hydrogen) atoms. The van der Waals surface area contributed by atoms with Crippen LogP contribution < -0.4 is 5.32 Å². The maximum atomic E-state index is 13.2. The molecule has 0 amide bonds. The summed E-state index contributed by atoms with van der Waals surface area (Å²) in [6, 6.07) is 13.2. The summed E-state index contributed by atoms with van der Waals surface area (Å²) < 4.78 is 15.0. The number of aromatic nitrogens is 2. The summed E-state index contributed by atoms with van der Waals surface area (Å²) in [7, 11) is 0. The van der Waals surface area contributed by atoms with Gasteiger partial charge in [0.2, 0.25) is 0 Å². The van der Waals surface area contributed by atoms with Gasteiger partial charge in [0.25, 0.3) is 0 Å². The molecule has 5 nitrogen and oxygen atoms in total. The molecule has 6 heteroatoms. The quantitative estimate of drug-likeness (QED) is 0.732. The number of hydrogen-bond donors (Lipinski definition) is 2. The first-order valence-electron chi connectivity index (χ1n) is 9.04. The smallest absolute Gasteiger partial charge is 0.335 e. The lowest BCUT2D eigenvalue weighted by Crippen LogP contribution is -2.08. The van der Waals surface area contributed by atoms with Gasteiger partial charge in [-0.1, -0.05) is 18.2 Å². The number of aromatic carboxylic acids is 1. The van der Waals surface area contributed by atoms with E-state index in [1.807, 2.05) is 6.07 Å². The van der Waals surface area contributed by atoms with Crippen molar-refractivity contribution in [3.05, 3.63) is 76.7 Å². The van der Waals surface area contributed by atoms with Crippen LogP contribution in [0, 0.1) is 5.82 Å². The third kappa shape index (κ3) is 3.56. The monoisotopic (exact) mass is 365 g/mol. The van der Waals surface area contributed by atoms with E-state index in [4.69, 9.17) is 5.10 Å². The van der Waals surface area contributed by atoms with E-state index in [1.165, 1.54) is 12.1 Å². The molecule has 0 bridgehead atoms. The van der Waals surface area contributed by atoms with Gasteiger partial charge in [0.1, 0.15) is 11.6 Å². The molecular formula is C21H20FN3O2. The minimum absolute atomic E-state index is 0.227. The summed E-state index contributed by atoms with van der Waals surface area (Å²) in [5.41, 5.74) is 4.02. The molecule has 2 aromatic carbocycles. The van der Waals surface area contributed by atoms with Crippen LogP contribution >= 0.6 is 0 Å². The van der Waals surface area contributed by atoms with Gasteiger partial charge >= 0.3 is 5.97 Å². The summed E-state index contributed by atoms with van der Waals surface area (Å²) in [6.45, 7) is 0.854. The number of hydrogen-bond acceptors (Lipinski definition) is 3. The van der Waals surface area contributed by atoms with Gasteiger partial charge in [-0.2, -0.15) is 5.10 Å². The summed E-state index contributed by atoms with van der Waals surface area (Å²) in [5, 5.41) is 17.5. The van der Waals surface area contributed by atoms with Crippen LogP contribution in [-0.4, -0.2) is 27.4 Å². The normalized spacial score (nSPS) is 13.5. The van der Waals surface area contributed by atoms with E-state index in [0.717, 1.165) is 48.4 Å². The third-order valence-electron chi connectivity index (χ3n) is 4.84. The molecule has 1 aliphatic heterocycles. The predicted molar refractivity (Wildman–Crippen MR) is 101 cm³/mol. The zero-order chi connectivity index (χ0) is 18.8. The molecule has 0 radical (unpaired) electrons. The van der Waals surface area contributed by atoms with E-state index in [0.29, 0.717) is 12.1 Å². The second kappa shape index (κ2) is 7.23. The maximum absolute atomic E-state index is 13.2. The molecule has 0 fully saturated rings. The molecular weight excluding hydrogens is 345 g/mol. The van der Waals surface area contributed by atoms with Crippen molar-refractivity contribution in [2.75, 3.05) is 11.9 Å². The Morgan fingerprint density at radius 2 is 2.00 bits per heavy atom. The zero-order valence-corrected chi connectivity index (χ0v) is 14.8. The lowest BCUT2D eigenvalue weighted by atomic mass is 10.0. The van der Waals surface area contributed by atoms with E-state index < -0.39 is 5.97 Å². The molecule has 1 aliphatic rings. The SMILES string of the molecule is O=C(O)c1cccc(-n2nc(Cc3ccc(F)cc3)c3c2NCCCC3)c1. The second-order valence-corrected chi connectivity index (χ2v) is 6.73. The van der Waals surface area contributed by atoms with E-state index in [9.17, 15) is 14.3 Å². The fraction of sp³-hybridized carbons (Fsp3) is 0.238. The Balaban J connectivity index is 1.78. The number of carboxylic acid groups (broad SMARTS) is 1. The van der Waals surface area contributed by atoms with Gasteiger partial charge in [-0.3, -0.25) is 0 Å². The number of benzene rings is 2. The molecule has 0 saturated carbocycles. The Hall–Kier alpha value is -3.15. The predicted octanol–water partition coefficient (Wildman–Crippen LogP) is 4.05. The summed E-state index contributed by atoms with van der Waals surface area (Å²) in [4.78, 5) is 11.3. The Bertz CT molecular complexity index is 980. The van der Waals surface area contributed by atoms with Crippen molar-refractivity contribution in [3.8, 4) is 5.69 Å². The fourth-order valence-corrected chi connectivity index (χ4v) is 3.47. The van der Waals surface area contributed by atoms with E-state index in [-0.39, 0.29) is 11.4 Å². The Labute approximate surface area is 156 Å². The minimum Gasteiger partial charge on any atom is -0.478 e. The Morgan fingerprint density at radius 3 is 2.78 bits per heavy atom. The largest absolute Gasteiger partial charge is 0.478 e. The molecule has 0 spiro atoms. The van der Waals surface area contributed by atoms with Crippen LogP contribution in [0.3, 0.4) is 0 Å². The molecule has 2 N–H and O–H groups in total. The van der Waals surface area contributed by atoms with Crippen LogP contribution in [-0.2, 0) is 12.8 Å². The van der Waals surface area contributed by atoms with Crippen LogP contribution in [0.5, 0.6) is 0 Å². The highest BCUT2D eigenvalue weighted by molar-refractivity contribution is 5.88. The molecule has 2 heterocycles. The minimum atomic E-state index is -0.963. The average molecular weight is 365 g/mol. The van der Waals surface area contributed by atoms with Gasteiger partial charge in [0.05, 0.1) is 16.9 Å². The number of anilines is 1. The lowest BCUT2D eigenvalue weighted by molar-refractivity contribution is 0.0697. The first-order chi connectivity index (χ1) is 13.1. The second-order valence-electron chi connectivity index (χ2n) is 6.73. The standard InChI is InChI=1S/C21H20FN3O2/c22-16-9-7-14(8-10-16)12-19-18-6-1-2-11-23-20(18)25(24-19)17-5-3-4-15(13-17)21(26)27/h3-5,7-10,13,23H,1-2,6,11-12H2,(H,26,27). The lowest BCUT2D eigenvalue weighted by Gasteiger charge is -2.09. The zero-order valence-electron chi connectivity index (χ0n) is 14.8. The van der Waals surface area contributed by atoms with Crippen molar-refractivity contribution in [3.63, 3.8) is 0 Å². The van der Waals surface area contributed by atoms with Crippen LogP contribution in [0.15, 0.2) is 48.5 Å². The molecule has 138 valence electrons. The summed E-state index contributed by atoms with van der Waals surface area (Å²) in [6.07, 6.45) is 3.66. The molecule has 0 atom stereocenters. The first-order valence-corrected chi connectivity index (χ1v) is 9.04. The highest BCUT2D eigenvalue weighted by atomic mass is 19.1. The van der Waals surface area contributed by atoms with Crippen LogP contribution in [0.4, 0.5) is 10.2 Å². The average Bonchev–Trinajstić information content (AvgIpc) is 2.84. The first kappa shape index (κ1) is 17.3. The van der Waals surface area contributed by atoms with Gasteiger partial charge in [-0.15, -0.1) is 0 Å². The van der Waals surface area contributed by atoms with Crippen LogP contribution in [0.25, 0.3) is 5.69 Å². The van der Waals surface area contributed by atoms with Gasteiger partial charge in [0.15, 0.2) is 0 Å². The van der Waals surface area contributed by atoms with Gasteiger partial charge in [-0.25, -0.2) is 13.9 Å². The van der Waals surface area contributed by atoms with Crippen molar-refractivity contribution in [1.82, 2.24) is 9.78 Å². The van der Waals surface area contributed by atoms with Gasteiger partial charge < -0.3 is 10.4 Å². The van der Waals surface area contributed by atoms with Crippen molar-refractivity contribution in [1.29, 1.82) is 0 Å². The number of nitrogens with one attached hydrogen (secondary N) is 1. The third-order valence-corrected chi connectivity index (χ3v) is 4.84. The molecule has 3 aromatic rings. The molecule has 1 aromatic heterocycles. The number of carboxylic acids is 1. The van der Waals surface area contributed by atoms with E-state index in [1.54, 1.807) is 35.0 Å². The summed E-state index contributed by atoms with van der Waals surface area (Å²) >= 11 is 0. The number of nitrogens with zero attached hydrogens (tertiary/aromatic N) is 2. The number of fused-ring (bicyclic) bond motifs is 1. The van der Waals surface area contributed by atoms with Gasteiger partial charge in [0, 0.05) is 18.5 Å². The van der Waals surface area contributed by atoms with Crippen LogP contribution in [0.1, 0.15) is 40.0 Å². The Kier molecular flexibility index (Phi) is 4.62. The highest BCUT2D eigenvalue weighted by Gasteiger charge is 2.21. The van der Waals surface area contributed by atoms with E-state index in [2.05, 4.69) is 5.32 Å². The van der Waals surface area contributed by atoms with Crippen molar-refractivity contribution in [2.24, 2.45) is 0 Å². The maximum Gasteiger partial charge on any atom is 0.335 e. The van der Waals surface area contributed by atoms with E-state index >= 15 is 0 Å². The highest BCUT2D eigenvalue weighted by Crippen LogP contribution is 2.29. The Morgan fingerprint density at radius 1 is 1.19 bits per heavy atom. The number of rotatable bonds is 4. The van der Waals surface area contributed by atoms with Crippen molar-refractivity contribution >= 4 is 11.8 Å². The number of carbonyl (C=O) groups is 1. The molecule has 4 rings (SSSR count). The topological polar surface area (TPSA) is 67.1 Å². The summed E-state index contributed by atoms with van der Waals surface area (Å²) in [5.74, 6) is -0.294. The van der Waals surface area contributed by atoms with Crippen LogP contribution in [0.2, 0.25) is 0 Å². The van der Waals surface area contributed by atoms with Gasteiger partial charge in [-0.05, 0) is 55.2 Å².